The van der Waals surface area contributed by atoms with Crippen LogP contribution < -0.4 is 0 Å². The van der Waals surface area contributed by atoms with Crippen LogP contribution in [0, 0.1) is 6.92 Å². The average molecular weight is 141 g/mol. The molecule has 0 saturated heterocycles. The lowest BCUT2D eigenvalue weighted by Crippen LogP contribution is -2.03. The van der Waals surface area contributed by atoms with Gasteiger partial charge in [-0.05, 0) is 13.8 Å². The van der Waals surface area contributed by atoms with Crippen molar-refractivity contribution in [2.24, 2.45) is 0 Å². The standard InChI is InChI=1S/C7H11NO2/c1-5(9)3-7-4-6(2)10-8-7/h4-5,9H,3H2,1-2H3/t5-/m0/s1. The van der Waals surface area contributed by atoms with Crippen molar-refractivity contribution in [2.75, 3.05) is 0 Å². The molecule has 0 amide bonds. The van der Waals surface area contributed by atoms with E-state index >= 15 is 0 Å². The van der Waals surface area contributed by atoms with Crippen molar-refractivity contribution < 1.29 is 9.63 Å². The second kappa shape index (κ2) is 2.84. The van der Waals surface area contributed by atoms with E-state index in [2.05, 4.69) is 5.16 Å². The molecule has 0 aromatic carbocycles. The van der Waals surface area contributed by atoms with Gasteiger partial charge in [-0.2, -0.15) is 0 Å². The van der Waals surface area contributed by atoms with Gasteiger partial charge in [0.05, 0.1) is 11.8 Å². The van der Waals surface area contributed by atoms with Crippen molar-refractivity contribution in [2.45, 2.75) is 26.4 Å². The number of nitrogens with zero attached hydrogens (tertiary/aromatic N) is 1. The molecule has 1 aromatic heterocycles. The lowest BCUT2D eigenvalue weighted by molar-refractivity contribution is 0.192. The molecule has 0 spiro atoms. The first-order valence-electron chi connectivity index (χ1n) is 3.29. The maximum atomic E-state index is 8.93. The Bertz CT molecular complexity index is 205. The molecule has 0 bridgehead atoms. The summed E-state index contributed by atoms with van der Waals surface area (Å²) in [6.45, 7) is 3.56. The fourth-order valence-corrected chi connectivity index (χ4v) is 0.817. The number of aryl methyl sites for hydroxylation is 1. The molecule has 0 unspecified atom stereocenters. The largest absolute Gasteiger partial charge is 0.393 e. The lowest BCUT2D eigenvalue weighted by Gasteiger charge is -1.96. The summed E-state index contributed by atoms with van der Waals surface area (Å²) in [4.78, 5) is 0. The number of aliphatic hydroxyl groups excluding tert-OH is 1. The van der Waals surface area contributed by atoms with Crippen molar-refractivity contribution in [3.8, 4) is 0 Å². The topological polar surface area (TPSA) is 46.3 Å². The second-order valence-corrected chi connectivity index (χ2v) is 2.48. The van der Waals surface area contributed by atoms with E-state index in [0.717, 1.165) is 11.5 Å². The first-order valence-corrected chi connectivity index (χ1v) is 3.29. The van der Waals surface area contributed by atoms with Gasteiger partial charge in [0.15, 0.2) is 0 Å². The molecule has 1 rings (SSSR count). The van der Waals surface area contributed by atoms with E-state index in [0.29, 0.717) is 6.42 Å². The minimum absolute atomic E-state index is 0.343. The van der Waals surface area contributed by atoms with Crippen LogP contribution >= 0.6 is 0 Å². The van der Waals surface area contributed by atoms with Gasteiger partial charge in [-0.3, -0.25) is 0 Å². The summed E-state index contributed by atoms with van der Waals surface area (Å²) >= 11 is 0. The van der Waals surface area contributed by atoms with E-state index in [-0.39, 0.29) is 6.10 Å². The number of aromatic nitrogens is 1. The molecule has 3 nitrogen and oxygen atoms in total. The van der Waals surface area contributed by atoms with Gasteiger partial charge in [-0.15, -0.1) is 0 Å². The van der Waals surface area contributed by atoms with Crippen LogP contribution in [-0.2, 0) is 6.42 Å². The Hall–Kier alpha value is -0.830. The van der Waals surface area contributed by atoms with Gasteiger partial charge < -0.3 is 9.63 Å². The molecule has 56 valence electrons. The first-order chi connectivity index (χ1) is 4.68. The van der Waals surface area contributed by atoms with Crippen LogP contribution in [0.3, 0.4) is 0 Å². The smallest absolute Gasteiger partial charge is 0.133 e. The SMILES string of the molecule is Cc1cc(C[C@H](C)O)no1. The summed E-state index contributed by atoms with van der Waals surface area (Å²) in [6, 6.07) is 1.83. The van der Waals surface area contributed by atoms with Crippen LogP contribution in [0.15, 0.2) is 10.6 Å². The fraction of sp³-hybridized carbons (Fsp3) is 0.571. The average Bonchev–Trinajstić information content (AvgIpc) is 2.13. The molecule has 1 aromatic rings. The third-order valence-corrected chi connectivity index (χ3v) is 1.18. The van der Waals surface area contributed by atoms with Gasteiger partial charge in [0.1, 0.15) is 5.76 Å². The molecule has 0 fully saturated rings. The van der Waals surface area contributed by atoms with Crippen LogP contribution in [0.2, 0.25) is 0 Å². The highest BCUT2D eigenvalue weighted by molar-refractivity contribution is 5.04. The Balaban J connectivity index is 2.58. The summed E-state index contributed by atoms with van der Waals surface area (Å²) in [5.74, 6) is 0.788. The van der Waals surface area contributed by atoms with Gasteiger partial charge in [-0.25, -0.2) is 0 Å². The Labute approximate surface area is 59.7 Å². The summed E-state index contributed by atoms with van der Waals surface area (Å²) in [6.07, 6.45) is 0.224. The zero-order valence-corrected chi connectivity index (χ0v) is 6.16. The Morgan fingerprint density at radius 2 is 2.50 bits per heavy atom. The zero-order chi connectivity index (χ0) is 7.56. The molecule has 0 aliphatic heterocycles. The molecular weight excluding hydrogens is 130 g/mol. The molecule has 0 aliphatic rings. The molecule has 10 heavy (non-hydrogen) atoms. The minimum atomic E-state index is -0.343. The third-order valence-electron chi connectivity index (χ3n) is 1.18. The Morgan fingerprint density at radius 3 is 2.90 bits per heavy atom. The first kappa shape index (κ1) is 7.28. The van der Waals surface area contributed by atoms with Gasteiger partial charge >= 0.3 is 0 Å². The van der Waals surface area contributed by atoms with Crippen molar-refractivity contribution >= 4 is 0 Å². The zero-order valence-electron chi connectivity index (χ0n) is 6.16. The van der Waals surface area contributed by atoms with E-state index in [1.165, 1.54) is 0 Å². The summed E-state index contributed by atoms with van der Waals surface area (Å²) in [5, 5.41) is 12.7. The van der Waals surface area contributed by atoms with Crippen LogP contribution in [0.25, 0.3) is 0 Å². The number of hydrogen-bond donors (Lipinski definition) is 1. The van der Waals surface area contributed by atoms with Gasteiger partial charge in [-0.1, -0.05) is 5.16 Å². The normalized spacial score (nSPS) is 13.5. The van der Waals surface area contributed by atoms with Gasteiger partial charge in [0.25, 0.3) is 0 Å². The fourth-order valence-electron chi connectivity index (χ4n) is 0.817. The third kappa shape index (κ3) is 1.84. The highest BCUT2D eigenvalue weighted by atomic mass is 16.5. The monoisotopic (exact) mass is 141 g/mol. The summed E-state index contributed by atoms with van der Waals surface area (Å²) in [5.41, 5.74) is 0.813. The van der Waals surface area contributed by atoms with Gasteiger partial charge in [0, 0.05) is 12.5 Å². The van der Waals surface area contributed by atoms with Gasteiger partial charge in [0.2, 0.25) is 0 Å². The highest BCUT2D eigenvalue weighted by Gasteiger charge is 2.02. The molecule has 1 atom stereocenters. The van der Waals surface area contributed by atoms with E-state index in [1.54, 1.807) is 6.92 Å². The van der Waals surface area contributed by atoms with Crippen molar-refractivity contribution in [3.63, 3.8) is 0 Å². The second-order valence-electron chi connectivity index (χ2n) is 2.48. The minimum Gasteiger partial charge on any atom is -0.393 e. The molecule has 1 N–H and O–H groups in total. The summed E-state index contributed by atoms with van der Waals surface area (Å²) in [7, 11) is 0. The Morgan fingerprint density at radius 1 is 1.80 bits per heavy atom. The maximum Gasteiger partial charge on any atom is 0.133 e. The van der Waals surface area contributed by atoms with Crippen molar-refractivity contribution in [1.82, 2.24) is 5.16 Å². The Kier molecular flexibility index (Phi) is 2.06. The van der Waals surface area contributed by atoms with Crippen LogP contribution in [0.1, 0.15) is 18.4 Å². The summed E-state index contributed by atoms with van der Waals surface area (Å²) < 4.78 is 4.80. The predicted molar refractivity (Wildman–Crippen MR) is 36.6 cm³/mol. The molecule has 0 saturated carbocycles. The number of hydrogen-bond acceptors (Lipinski definition) is 3. The van der Waals surface area contributed by atoms with Crippen molar-refractivity contribution in [3.05, 3.63) is 17.5 Å². The van der Waals surface area contributed by atoms with Crippen LogP contribution in [0.5, 0.6) is 0 Å². The number of aliphatic hydroxyl groups is 1. The highest BCUT2D eigenvalue weighted by Crippen LogP contribution is 2.03. The molecule has 3 heteroatoms. The molecular formula is C7H11NO2. The molecule has 1 heterocycles. The van der Waals surface area contributed by atoms with Crippen LogP contribution in [0.4, 0.5) is 0 Å². The lowest BCUT2D eigenvalue weighted by atomic mass is 10.2. The van der Waals surface area contributed by atoms with E-state index in [1.807, 2.05) is 13.0 Å². The van der Waals surface area contributed by atoms with E-state index in [4.69, 9.17) is 9.63 Å². The quantitative estimate of drug-likeness (QED) is 0.665. The van der Waals surface area contributed by atoms with Crippen molar-refractivity contribution in [1.29, 1.82) is 0 Å². The number of rotatable bonds is 2. The molecule has 0 aliphatic carbocycles. The predicted octanol–water partition coefficient (Wildman–Crippen LogP) is 0.906. The van der Waals surface area contributed by atoms with E-state index < -0.39 is 0 Å². The van der Waals surface area contributed by atoms with E-state index in [9.17, 15) is 0 Å². The maximum absolute atomic E-state index is 8.93. The molecule has 0 radical (unpaired) electrons. The van der Waals surface area contributed by atoms with Crippen LogP contribution in [-0.4, -0.2) is 16.4 Å².